The van der Waals surface area contributed by atoms with E-state index in [9.17, 15) is 27.6 Å². The highest BCUT2D eigenvalue weighted by atomic mass is 32.2. The van der Waals surface area contributed by atoms with Gasteiger partial charge in [0.1, 0.15) is 35.2 Å². The topological polar surface area (TPSA) is 169 Å². The molecule has 14 heteroatoms. The smallest absolute Gasteiger partial charge is 0.407 e. The number of para-hydroxylation sites is 1. The van der Waals surface area contributed by atoms with Crippen LogP contribution in [-0.2, 0) is 29.1 Å². The van der Waals surface area contributed by atoms with E-state index in [0.717, 1.165) is 11.1 Å². The number of carbonyl (C=O) groups excluding carboxylic acids is 4. The average molecular weight is 723 g/mol. The van der Waals surface area contributed by atoms with E-state index in [1.54, 1.807) is 20.8 Å². The second-order valence-electron chi connectivity index (χ2n) is 15.1. The van der Waals surface area contributed by atoms with E-state index in [-0.39, 0.29) is 38.5 Å². The number of rotatable bonds is 6. The van der Waals surface area contributed by atoms with Gasteiger partial charge in [0.25, 0.3) is 5.91 Å². The molecule has 13 nitrogen and oxygen atoms in total. The normalized spacial score (nSPS) is 28.3. The number of hydrogen-bond donors (Lipinski definition) is 3. The van der Waals surface area contributed by atoms with Crippen LogP contribution in [0.15, 0.2) is 61.2 Å². The molecule has 3 N–H and O–H groups in total. The number of nitrogens with zero attached hydrogens (tertiary/aromatic N) is 1. The molecule has 4 bridgehead atoms. The minimum atomic E-state index is -3.89. The van der Waals surface area contributed by atoms with Crippen LogP contribution in [-0.4, -0.2) is 85.9 Å². The molecule has 6 atom stereocenters. The van der Waals surface area contributed by atoms with Gasteiger partial charge < -0.3 is 29.7 Å². The van der Waals surface area contributed by atoms with Gasteiger partial charge in [-0.15, -0.1) is 6.58 Å². The first-order valence-corrected chi connectivity index (χ1v) is 18.9. The molecule has 0 aromatic heterocycles. The first-order valence-electron chi connectivity index (χ1n) is 17.3. The quantitative estimate of drug-likeness (QED) is 0.378. The highest BCUT2D eigenvalue weighted by Gasteiger charge is 2.62. The highest BCUT2D eigenvalue weighted by Crippen LogP contribution is 2.46. The first kappa shape index (κ1) is 36.2. The van der Waals surface area contributed by atoms with Crippen LogP contribution in [0.4, 0.5) is 4.79 Å². The van der Waals surface area contributed by atoms with Gasteiger partial charge in [0.2, 0.25) is 21.8 Å². The second-order valence-corrected chi connectivity index (χ2v) is 17.1. The number of nitrogens with one attached hydrogen (secondary N) is 3. The third kappa shape index (κ3) is 7.85. The number of carbonyl (C=O) groups is 4. The molecule has 4 amide bonds. The average Bonchev–Trinajstić information content (AvgIpc) is 4.01. The number of benzene rings is 2. The predicted molar refractivity (Wildman–Crippen MR) is 188 cm³/mol. The molecule has 4 aliphatic rings. The minimum Gasteiger partial charge on any atom is -0.493 e. The summed E-state index contributed by atoms with van der Waals surface area (Å²) in [7, 11) is -3.89. The van der Waals surface area contributed by atoms with Crippen molar-refractivity contribution >= 4 is 33.8 Å². The van der Waals surface area contributed by atoms with E-state index in [2.05, 4.69) is 21.9 Å². The van der Waals surface area contributed by atoms with Crippen LogP contribution in [0.2, 0.25) is 0 Å². The largest absolute Gasteiger partial charge is 0.493 e. The summed E-state index contributed by atoms with van der Waals surface area (Å²) in [5.41, 5.74) is -0.726. The summed E-state index contributed by atoms with van der Waals surface area (Å²) in [6.45, 7) is 11.3. The van der Waals surface area contributed by atoms with Crippen molar-refractivity contribution in [3.63, 3.8) is 0 Å². The van der Waals surface area contributed by atoms with E-state index < -0.39 is 74.1 Å². The summed E-state index contributed by atoms with van der Waals surface area (Å²) in [5, 5.41) is 4.89. The van der Waals surface area contributed by atoms with Gasteiger partial charge in [0.05, 0.1) is 25.0 Å². The maximum Gasteiger partial charge on any atom is 0.407 e. The van der Waals surface area contributed by atoms with E-state index in [1.165, 1.54) is 11.0 Å². The number of ether oxygens (including phenoxy) is 3. The lowest BCUT2D eigenvalue weighted by atomic mass is 9.85. The van der Waals surface area contributed by atoms with Gasteiger partial charge in [-0.2, -0.15) is 0 Å². The zero-order valence-corrected chi connectivity index (χ0v) is 30.2. The summed E-state index contributed by atoms with van der Waals surface area (Å²) in [6, 6.07) is 12.8. The second kappa shape index (κ2) is 13.9. The zero-order chi connectivity index (χ0) is 36.7. The van der Waals surface area contributed by atoms with Gasteiger partial charge in [-0.25, -0.2) is 13.2 Å². The molecule has 0 spiro atoms. The van der Waals surface area contributed by atoms with E-state index in [1.807, 2.05) is 55.5 Å². The molecule has 2 heterocycles. The Balaban J connectivity index is 1.34. The maximum atomic E-state index is 14.5. The Hall–Kier alpha value is -4.59. The van der Waals surface area contributed by atoms with E-state index >= 15 is 0 Å². The summed E-state index contributed by atoms with van der Waals surface area (Å²) < 4.78 is 45.6. The number of fused-ring (bicyclic) bond motifs is 6. The molecule has 3 fully saturated rings. The summed E-state index contributed by atoms with van der Waals surface area (Å²) in [5.74, 6) is -1.53. The highest BCUT2D eigenvalue weighted by molar-refractivity contribution is 7.91. The summed E-state index contributed by atoms with van der Waals surface area (Å²) >= 11 is 0. The number of cyclic esters (lactones) is 1. The molecule has 1 saturated heterocycles. The van der Waals surface area contributed by atoms with Crippen molar-refractivity contribution < 1.29 is 41.8 Å². The summed E-state index contributed by atoms with van der Waals surface area (Å²) in [4.78, 5) is 56.6. The van der Waals surface area contributed by atoms with Gasteiger partial charge in [-0.3, -0.25) is 19.1 Å². The monoisotopic (exact) mass is 722 g/mol. The Bertz CT molecular complexity index is 1820. The maximum absolute atomic E-state index is 14.5. The Kier molecular flexibility index (Phi) is 9.83. The third-order valence-corrected chi connectivity index (χ3v) is 11.7. The Labute approximate surface area is 298 Å². The van der Waals surface area contributed by atoms with Crippen LogP contribution >= 0.6 is 0 Å². The van der Waals surface area contributed by atoms with E-state index in [0.29, 0.717) is 24.3 Å². The molecule has 0 radical (unpaired) electrons. The SMILES string of the molecule is C=C[C@@H]1CC1(NC(=O)[C@@H]1CC2CN1C(=O)[C@H](C(C)(C)C)NC(=O)OC[C@@H](C)COc1cccc(c1)-c1ccccc1O2)C(=O)NS(=O)(=O)C1CC1. The van der Waals surface area contributed by atoms with Crippen molar-refractivity contribution in [3.05, 3.63) is 61.2 Å². The standard InChI is InChI=1S/C37H46N4O9S/c1-6-24-18-37(24,34(44)40-51(46,47)27-14-15-27)39-32(42)29-17-26-19-41(29)33(43)31(36(3,4)5)38-35(45)49-21-22(2)20-48-25-11-9-10-23(16-25)28-12-7-8-13-30(28)50-26/h6-13,16,22,24,26-27,29,31H,1,14-15,17-21H2,2-5H3,(H,38,45)(H,39,42)(H,40,44)/t22-,24+,26?,29-,31+,37?/m0/s1. The molecule has 2 saturated carbocycles. The van der Waals surface area contributed by atoms with Crippen LogP contribution in [0.25, 0.3) is 11.1 Å². The van der Waals surface area contributed by atoms with Crippen molar-refractivity contribution in [1.82, 2.24) is 20.3 Å². The third-order valence-electron chi connectivity index (χ3n) is 9.83. The molecule has 2 aliphatic heterocycles. The van der Waals surface area contributed by atoms with Gasteiger partial charge in [-0.1, -0.05) is 64.1 Å². The Morgan fingerprint density at radius 3 is 2.47 bits per heavy atom. The fourth-order valence-electron chi connectivity index (χ4n) is 6.61. The van der Waals surface area contributed by atoms with Crippen LogP contribution in [0, 0.1) is 17.3 Å². The zero-order valence-electron chi connectivity index (χ0n) is 29.3. The van der Waals surface area contributed by atoms with Crippen LogP contribution in [0.3, 0.4) is 0 Å². The molecule has 51 heavy (non-hydrogen) atoms. The van der Waals surface area contributed by atoms with Crippen LogP contribution < -0.4 is 24.8 Å². The lowest BCUT2D eigenvalue weighted by Crippen LogP contribution is -2.60. The van der Waals surface area contributed by atoms with Crippen molar-refractivity contribution in [2.75, 3.05) is 19.8 Å². The predicted octanol–water partition coefficient (Wildman–Crippen LogP) is 3.54. The van der Waals surface area contributed by atoms with E-state index in [4.69, 9.17) is 14.2 Å². The lowest BCUT2D eigenvalue weighted by Gasteiger charge is -2.35. The van der Waals surface area contributed by atoms with Gasteiger partial charge in [0.15, 0.2) is 0 Å². The Morgan fingerprint density at radius 2 is 1.78 bits per heavy atom. The fraction of sp³-hybridized carbons (Fsp3) is 0.514. The van der Waals surface area contributed by atoms with Crippen molar-refractivity contribution in [2.24, 2.45) is 17.3 Å². The molecule has 2 aromatic carbocycles. The number of alkyl carbamates (subject to hydrolysis) is 1. The van der Waals surface area contributed by atoms with Gasteiger partial charge in [-0.05, 0) is 48.4 Å². The number of sulfonamides is 1. The van der Waals surface area contributed by atoms with Crippen molar-refractivity contribution in [2.45, 2.75) is 82.4 Å². The Morgan fingerprint density at radius 1 is 1.06 bits per heavy atom. The molecule has 6 rings (SSSR count). The molecular formula is C37H46N4O9S. The van der Waals surface area contributed by atoms with Crippen LogP contribution in [0.1, 0.15) is 53.4 Å². The number of amides is 4. The minimum absolute atomic E-state index is 0.00507. The van der Waals surface area contributed by atoms with Crippen molar-refractivity contribution in [1.29, 1.82) is 0 Å². The molecule has 2 unspecified atom stereocenters. The van der Waals surface area contributed by atoms with Crippen molar-refractivity contribution in [3.8, 4) is 22.6 Å². The molecular weight excluding hydrogens is 676 g/mol. The lowest BCUT2D eigenvalue weighted by molar-refractivity contribution is -0.142. The first-order chi connectivity index (χ1) is 24.1. The van der Waals surface area contributed by atoms with Crippen LogP contribution in [0.5, 0.6) is 11.5 Å². The molecule has 2 aliphatic carbocycles. The summed E-state index contributed by atoms with van der Waals surface area (Å²) in [6.07, 6.45) is 1.20. The van der Waals surface area contributed by atoms with Gasteiger partial charge >= 0.3 is 6.09 Å². The van der Waals surface area contributed by atoms with Gasteiger partial charge in [0, 0.05) is 23.8 Å². The molecule has 274 valence electrons. The number of hydrogen-bond acceptors (Lipinski definition) is 9. The molecule has 2 aromatic rings. The fourth-order valence-corrected chi connectivity index (χ4v) is 7.98.